The number of aliphatic hydroxyl groups excluding tert-OH is 1. The van der Waals surface area contributed by atoms with Gasteiger partial charge in [0.05, 0.1) is 24.5 Å². The Morgan fingerprint density at radius 2 is 2.03 bits per heavy atom. The number of nitrogens with two attached hydrogens (primary N) is 1. The number of ether oxygens (including phenoxy) is 1. The van der Waals surface area contributed by atoms with Crippen LogP contribution in [0.4, 0.5) is 20.6 Å². The summed E-state index contributed by atoms with van der Waals surface area (Å²) in [5.41, 5.74) is 6.13. The molecule has 1 atom stereocenters. The maximum absolute atomic E-state index is 14.7. The monoisotopic (exact) mass is 447 g/mol. The largest absolute Gasteiger partial charge is 0.486 e. The second kappa shape index (κ2) is 9.42. The number of cyclic esters (lactones) is 1. The van der Waals surface area contributed by atoms with Crippen molar-refractivity contribution < 1.29 is 23.8 Å². The van der Waals surface area contributed by atoms with Gasteiger partial charge in [-0.25, -0.2) is 9.18 Å². The van der Waals surface area contributed by atoms with Crippen LogP contribution in [0.5, 0.6) is 0 Å². The van der Waals surface area contributed by atoms with Gasteiger partial charge in [0.15, 0.2) is 6.23 Å². The lowest BCUT2D eigenvalue weighted by Crippen LogP contribution is -2.50. The number of piperazine rings is 1. The van der Waals surface area contributed by atoms with E-state index in [0.29, 0.717) is 37.6 Å². The number of hydrogen-bond donors (Lipinski definition) is 2. The summed E-state index contributed by atoms with van der Waals surface area (Å²) in [5, 5.41) is 8.97. The van der Waals surface area contributed by atoms with Crippen molar-refractivity contribution in [2.45, 2.75) is 6.23 Å². The molecule has 1 unspecified atom stereocenters. The number of carbonyl (C=O) groups excluding carboxylic acids is 2. The molecule has 0 saturated carbocycles. The topological polar surface area (TPSA) is 103 Å². The molecule has 1 aromatic carbocycles. The van der Waals surface area contributed by atoms with E-state index >= 15 is 0 Å². The summed E-state index contributed by atoms with van der Waals surface area (Å²) in [7, 11) is 1.50. The lowest BCUT2D eigenvalue weighted by Gasteiger charge is -2.36. The van der Waals surface area contributed by atoms with Gasteiger partial charge in [-0.3, -0.25) is 14.6 Å². The molecule has 1 aromatic rings. The minimum absolute atomic E-state index is 0. The van der Waals surface area contributed by atoms with E-state index in [0.717, 1.165) is 0 Å². The molecule has 29 heavy (non-hydrogen) atoms. The van der Waals surface area contributed by atoms with Crippen LogP contribution in [0, 0.1) is 5.82 Å². The van der Waals surface area contributed by atoms with Gasteiger partial charge in [0.2, 0.25) is 5.91 Å². The molecular formula is C17H23ClFN5O4S. The highest BCUT2D eigenvalue weighted by atomic mass is 35.5. The van der Waals surface area contributed by atoms with E-state index in [1.54, 1.807) is 17.0 Å². The molecule has 0 aliphatic carbocycles. The summed E-state index contributed by atoms with van der Waals surface area (Å²) in [5.74, 6) is -0.594. The van der Waals surface area contributed by atoms with E-state index in [2.05, 4.69) is 12.2 Å². The fourth-order valence-electron chi connectivity index (χ4n) is 3.23. The molecule has 2 amide bonds. The Morgan fingerprint density at radius 1 is 1.38 bits per heavy atom. The summed E-state index contributed by atoms with van der Waals surface area (Å²) in [6.45, 7) is 2.01. The van der Waals surface area contributed by atoms with Crippen LogP contribution in [0.3, 0.4) is 0 Å². The van der Waals surface area contributed by atoms with Crippen LogP contribution in [-0.4, -0.2) is 84.6 Å². The molecule has 0 spiro atoms. The maximum atomic E-state index is 14.7. The first kappa shape index (κ1) is 22.9. The van der Waals surface area contributed by atoms with E-state index in [4.69, 9.17) is 10.5 Å². The number of carbonyl (C=O) groups is 2. The highest BCUT2D eigenvalue weighted by molar-refractivity contribution is 7.79. The van der Waals surface area contributed by atoms with Crippen LogP contribution in [0.2, 0.25) is 0 Å². The second-order valence-corrected chi connectivity index (χ2v) is 6.92. The van der Waals surface area contributed by atoms with Crippen LogP contribution in [0.25, 0.3) is 0 Å². The zero-order valence-corrected chi connectivity index (χ0v) is 17.4. The lowest BCUT2D eigenvalue weighted by molar-refractivity contribution is -0.129. The third-order valence-corrected chi connectivity index (χ3v) is 5.21. The smallest absolute Gasteiger partial charge is 0.416 e. The van der Waals surface area contributed by atoms with Crippen LogP contribution in [0.1, 0.15) is 0 Å². The summed E-state index contributed by atoms with van der Waals surface area (Å²) in [4.78, 5) is 29.8. The highest BCUT2D eigenvalue weighted by Crippen LogP contribution is 2.29. The van der Waals surface area contributed by atoms with Crippen molar-refractivity contribution in [2.24, 2.45) is 5.73 Å². The molecule has 0 radical (unpaired) electrons. The van der Waals surface area contributed by atoms with Crippen molar-refractivity contribution in [1.82, 2.24) is 9.80 Å². The van der Waals surface area contributed by atoms with E-state index < -0.39 is 23.3 Å². The predicted octanol–water partition coefficient (Wildman–Crippen LogP) is 0.912. The van der Waals surface area contributed by atoms with Crippen molar-refractivity contribution in [3.63, 3.8) is 0 Å². The first-order chi connectivity index (χ1) is 13.3. The third kappa shape index (κ3) is 4.80. The number of likely N-dealkylation sites (N-methyl/N-ethyl adjacent to an activating group) is 1. The fraction of sp³-hybridized carbons (Fsp3) is 0.471. The Kier molecular flexibility index (Phi) is 7.44. The number of amides is 2. The first-order valence-electron chi connectivity index (χ1n) is 8.78. The molecule has 160 valence electrons. The van der Waals surface area contributed by atoms with Gasteiger partial charge in [-0.2, -0.15) is 0 Å². The molecule has 3 rings (SSSR count). The zero-order valence-electron chi connectivity index (χ0n) is 15.8. The summed E-state index contributed by atoms with van der Waals surface area (Å²) in [6, 6.07) is 4.51. The Bertz CT molecular complexity index is 793. The molecule has 2 aliphatic rings. The summed E-state index contributed by atoms with van der Waals surface area (Å²) >= 11 is 4.67. The van der Waals surface area contributed by atoms with E-state index in [-0.39, 0.29) is 31.4 Å². The average Bonchev–Trinajstić information content (AvgIpc) is 3.08. The van der Waals surface area contributed by atoms with Gasteiger partial charge in [-0.15, -0.1) is 12.4 Å². The number of halogens is 2. The summed E-state index contributed by atoms with van der Waals surface area (Å²) < 4.78 is 19.9. The quantitative estimate of drug-likeness (QED) is 0.657. The van der Waals surface area contributed by atoms with Crippen LogP contribution >= 0.6 is 24.6 Å². The number of benzene rings is 1. The SMILES string of the molecule is CN(C(O)=S)C1CN(c2ccc(N3CCN(C(=O)CN)CC3)c(F)c2)C(=O)O1.Cl. The molecule has 3 N–H and O–H groups in total. The maximum Gasteiger partial charge on any atom is 0.416 e. The van der Waals surface area contributed by atoms with Gasteiger partial charge in [0, 0.05) is 33.2 Å². The van der Waals surface area contributed by atoms with Gasteiger partial charge < -0.3 is 25.4 Å². The average molecular weight is 448 g/mol. The molecule has 2 heterocycles. The Morgan fingerprint density at radius 3 is 2.59 bits per heavy atom. The number of hydrogen-bond acceptors (Lipinski definition) is 6. The van der Waals surface area contributed by atoms with Crippen molar-refractivity contribution in [2.75, 3.05) is 56.1 Å². The molecule has 9 nitrogen and oxygen atoms in total. The fourth-order valence-corrected chi connectivity index (χ4v) is 3.35. The van der Waals surface area contributed by atoms with Crippen molar-refractivity contribution >= 4 is 53.2 Å². The number of rotatable bonds is 4. The van der Waals surface area contributed by atoms with Crippen LogP contribution in [-0.2, 0) is 9.53 Å². The summed E-state index contributed by atoms with van der Waals surface area (Å²) in [6.07, 6.45) is -1.39. The highest BCUT2D eigenvalue weighted by Gasteiger charge is 2.36. The van der Waals surface area contributed by atoms with E-state index in [9.17, 15) is 19.1 Å². The minimum atomic E-state index is -0.749. The molecule has 2 fully saturated rings. The third-order valence-electron chi connectivity index (χ3n) is 4.92. The number of aliphatic hydroxyl groups is 1. The standard InChI is InChI=1S/C17H22FN5O4S.ClH/c1-20(17(26)28)15-10-23(16(25)27-15)11-2-3-13(12(18)8-11)21-4-6-22(7-5-21)14(24)9-19;/h2-3,8,15H,4-7,9-10,19H2,1H3,(H,26,28);1H. The van der Waals surface area contributed by atoms with Crippen molar-refractivity contribution in [3.05, 3.63) is 24.0 Å². The number of thiocarbonyl (C=S) groups is 1. The normalized spacial score (nSPS) is 18.9. The Labute approximate surface area is 179 Å². The molecule has 0 aromatic heterocycles. The molecule has 2 saturated heterocycles. The van der Waals surface area contributed by atoms with Crippen LogP contribution < -0.4 is 15.5 Å². The minimum Gasteiger partial charge on any atom is -0.486 e. The Hall–Kier alpha value is -2.37. The van der Waals surface area contributed by atoms with Crippen molar-refractivity contribution in [1.29, 1.82) is 0 Å². The number of anilines is 2. The lowest BCUT2D eigenvalue weighted by atomic mass is 10.2. The van der Waals surface area contributed by atoms with Gasteiger partial charge in [0.1, 0.15) is 5.82 Å². The molecule has 0 bridgehead atoms. The van der Waals surface area contributed by atoms with E-state index in [1.165, 1.54) is 22.9 Å². The van der Waals surface area contributed by atoms with Gasteiger partial charge in [0.25, 0.3) is 5.17 Å². The van der Waals surface area contributed by atoms with Gasteiger partial charge in [-0.1, -0.05) is 0 Å². The zero-order chi connectivity index (χ0) is 20.4. The molecular weight excluding hydrogens is 425 g/mol. The van der Waals surface area contributed by atoms with Gasteiger partial charge >= 0.3 is 6.09 Å². The van der Waals surface area contributed by atoms with Crippen LogP contribution in [0.15, 0.2) is 18.2 Å². The first-order valence-corrected chi connectivity index (χ1v) is 9.19. The Balaban J connectivity index is 0.00000300. The van der Waals surface area contributed by atoms with E-state index in [1.807, 2.05) is 4.90 Å². The number of nitrogens with zero attached hydrogens (tertiary/aromatic N) is 4. The van der Waals surface area contributed by atoms with Crippen molar-refractivity contribution in [3.8, 4) is 0 Å². The molecule has 12 heteroatoms. The second-order valence-electron chi connectivity index (χ2n) is 6.55. The van der Waals surface area contributed by atoms with Gasteiger partial charge in [-0.05, 0) is 30.4 Å². The molecule has 2 aliphatic heterocycles. The predicted molar refractivity (Wildman–Crippen MR) is 112 cm³/mol.